The van der Waals surface area contributed by atoms with Crippen LogP contribution in [0.3, 0.4) is 0 Å². The quantitative estimate of drug-likeness (QED) is 0.805. The van der Waals surface area contributed by atoms with Gasteiger partial charge in [-0.25, -0.2) is 9.37 Å². The molecule has 2 aliphatic heterocycles. The van der Waals surface area contributed by atoms with Gasteiger partial charge < -0.3 is 15.1 Å². The summed E-state index contributed by atoms with van der Waals surface area (Å²) in [5.41, 5.74) is 2.95. The second-order valence-corrected chi connectivity index (χ2v) is 8.23. The maximum atomic E-state index is 14.4. The van der Waals surface area contributed by atoms with Gasteiger partial charge in [0, 0.05) is 56.7 Å². The lowest BCUT2D eigenvalue weighted by Gasteiger charge is -2.31. The highest BCUT2D eigenvalue weighted by molar-refractivity contribution is 5.54. The van der Waals surface area contributed by atoms with Crippen molar-refractivity contribution in [3.8, 4) is 0 Å². The first-order chi connectivity index (χ1) is 13.7. The highest BCUT2D eigenvalue weighted by Gasteiger charge is 2.18. The van der Waals surface area contributed by atoms with Crippen LogP contribution >= 0.6 is 0 Å². The first kappa shape index (κ1) is 19.2. The highest BCUT2D eigenvalue weighted by atomic mass is 19.1. The minimum Gasteiger partial charge on any atom is -0.371 e. The molecule has 0 unspecified atom stereocenters. The van der Waals surface area contributed by atoms with Crippen LogP contribution in [0, 0.1) is 11.7 Å². The van der Waals surface area contributed by atoms with Gasteiger partial charge in [-0.3, -0.25) is 0 Å². The van der Waals surface area contributed by atoms with E-state index in [9.17, 15) is 4.39 Å². The number of benzene rings is 1. The Balaban J connectivity index is 1.34. The first-order valence-corrected chi connectivity index (χ1v) is 10.6. The van der Waals surface area contributed by atoms with Crippen LogP contribution in [0.15, 0.2) is 36.5 Å². The third kappa shape index (κ3) is 4.46. The van der Waals surface area contributed by atoms with Crippen LogP contribution in [0.25, 0.3) is 0 Å². The summed E-state index contributed by atoms with van der Waals surface area (Å²) in [5, 5.41) is 3.41. The van der Waals surface area contributed by atoms with E-state index in [1.165, 1.54) is 25.7 Å². The minimum atomic E-state index is -0.121. The molecule has 2 aromatic rings. The van der Waals surface area contributed by atoms with Crippen molar-refractivity contribution in [3.63, 3.8) is 0 Å². The van der Waals surface area contributed by atoms with E-state index in [4.69, 9.17) is 0 Å². The molecule has 0 saturated carbocycles. The third-order valence-corrected chi connectivity index (χ3v) is 6.09. The van der Waals surface area contributed by atoms with E-state index in [0.717, 1.165) is 54.7 Å². The lowest BCUT2D eigenvalue weighted by atomic mass is 9.99. The summed E-state index contributed by atoms with van der Waals surface area (Å²) in [6.07, 6.45) is 6.82. The van der Waals surface area contributed by atoms with Crippen LogP contribution in [0.2, 0.25) is 0 Å². The van der Waals surface area contributed by atoms with E-state index in [2.05, 4.69) is 39.2 Å². The number of nitrogens with one attached hydrogen (secondary N) is 1. The summed E-state index contributed by atoms with van der Waals surface area (Å²) in [7, 11) is 0. The van der Waals surface area contributed by atoms with Crippen molar-refractivity contribution < 1.29 is 4.39 Å². The molecule has 3 heterocycles. The smallest absolute Gasteiger partial charge is 0.129 e. The van der Waals surface area contributed by atoms with Gasteiger partial charge in [-0.05, 0) is 55.4 Å². The second-order valence-electron chi connectivity index (χ2n) is 8.23. The van der Waals surface area contributed by atoms with Crippen molar-refractivity contribution in [1.82, 2.24) is 10.3 Å². The Morgan fingerprint density at radius 3 is 2.50 bits per heavy atom. The van der Waals surface area contributed by atoms with Gasteiger partial charge in [0.05, 0.1) is 0 Å². The Bertz CT molecular complexity index is 763. The molecule has 150 valence electrons. The SMILES string of the molecule is CC1CCN(c2ccc(CNCc3c(F)cccc3N3CCCC3)cn2)CC1. The fourth-order valence-corrected chi connectivity index (χ4v) is 4.25. The molecular weight excluding hydrogens is 351 g/mol. The average molecular weight is 383 g/mol. The first-order valence-electron chi connectivity index (χ1n) is 10.6. The molecule has 0 spiro atoms. The maximum absolute atomic E-state index is 14.4. The molecule has 1 aromatic heterocycles. The lowest BCUT2D eigenvalue weighted by Crippen LogP contribution is -2.33. The normalized spacial score (nSPS) is 18.1. The average Bonchev–Trinajstić information content (AvgIpc) is 3.25. The fraction of sp³-hybridized carbons (Fsp3) is 0.522. The molecule has 0 aliphatic carbocycles. The summed E-state index contributed by atoms with van der Waals surface area (Å²) in [4.78, 5) is 9.33. The van der Waals surface area contributed by atoms with Gasteiger partial charge in [0.15, 0.2) is 0 Å². The largest absolute Gasteiger partial charge is 0.371 e. The zero-order valence-electron chi connectivity index (χ0n) is 16.8. The maximum Gasteiger partial charge on any atom is 0.129 e. The van der Waals surface area contributed by atoms with Crippen molar-refractivity contribution in [2.45, 2.75) is 45.7 Å². The predicted octanol–water partition coefficient (Wildman–Crippen LogP) is 4.35. The number of nitrogens with zero attached hydrogens (tertiary/aromatic N) is 3. The molecule has 1 N–H and O–H groups in total. The second kappa shape index (κ2) is 8.91. The Hall–Kier alpha value is -2.14. The molecule has 4 nitrogen and oxygen atoms in total. The van der Waals surface area contributed by atoms with Crippen molar-refractivity contribution in [2.75, 3.05) is 36.0 Å². The number of hydrogen-bond donors (Lipinski definition) is 1. The van der Waals surface area contributed by atoms with Gasteiger partial charge in [-0.2, -0.15) is 0 Å². The lowest BCUT2D eigenvalue weighted by molar-refractivity contribution is 0.436. The molecule has 28 heavy (non-hydrogen) atoms. The molecule has 0 bridgehead atoms. The molecule has 2 fully saturated rings. The van der Waals surface area contributed by atoms with E-state index >= 15 is 0 Å². The summed E-state index contributed by atoms with van der Waals surface area (Å²) in [6.45, 7) is 7.79. The van der Waals surface area contributed by atoms with Crippen molar-refractivity contribution in [2.24, 2.45) is 5.92 Å². The van der Waals surface area contributed by atoms with Crippen LogP contribution in [0.5, 0.6) is 0 Å². The molecule has 1 aromatic carbocycles. The van der Waals surface area contributed by atoms with E-state index in [1.54, 1.807) is 6.07 Å². The highest BCUT2D eigenvalue weighted by Crippen LogP contribution is 2.27. The number of hydrogen-bond acceptors (Lipinski definition) is 4. The number of halogens is 1. The molecule has 0 radical (unpaired) electrons. The number of aromatic nitrogens is 1. The molecule has 0 atom stereocenters. The van der Waals surface area contributed by atoms with E-state index in [-0.39, 0.29) is 5.82 Å². The zero-order chi connectivity index (χ0) is 19.3. The van der Waals surface area contributed by atoms with Gasteiger partial charge in [0.1, 0.15) is 11.6 Å². The summed E-state index contributed by atoms with van der Waals surface area (Å²) in [5.74, 6) is 1.77. The molecular formula is C23H31FN4. The molecule has 0 amide bonds. The zero-order valence-corrected chi connectivity index (χ0v) is 16.8. The summed E-state index contributed by atoms with van der Waals surface area (Å²) in [6, 6.07) is 9.67. The Labute approximate surface area is 167 Å². The van der Waals surface area contributed by atoms with Crippen LogP contribution in [0.1, 0.15) is 43.7 Å². The Morgan fingerprint density at radius 1 is 1.00 bits per heavy atom. The van der Waals surface area contributed by atoms with E-state index < -0.39 is 0 Å². The molecule has 4 rings (SSSR count). The van der Waals surface area contributed by atoms with Crippen LogP contribution in [0.4, 0.5) is 15.9 Å². The third-order valence-electron chi connectivity index (χ3n) is 6.09. The monoisotopic (exact) mass is 382 g/mol. The van der Waals surface area contributed by atoms with Gasteiger partial charge in [0.25, 0.3) is 0 Å². The van der Waals surface area contributed by atoms with Gasteiger partial charge >= 0.3 is 0 Å². The number of anilines is 2. The number of piperidine rings is 1. The molecule has 5 heteroatoms. The van der Waals surface area contributed by atoms with E-state index in [1.807, 2.05) is 18.3 Å². The topological polar surface area (TPSA) is 31.4 Å². The van der Waals surface area contributed by atoms with Crippen LogP contribution in [-0.2, 0) is 13.1 Å². The van der Waals surface area contributed by atoms with Crippen molar-refractivity contribution >= 4 is 11.5 Å². The van der Waals surface area contributed by atoms with E-state index in [0.29, 0.717) is 13.1 Å². The summed E-state index contributed by atoms with van der Waals surface area (Å²) < 4.78 is 14.4. The van der Waals surface area contributed by atoms with Gasteiger partial charge in [-0.15, -0.1) is 0 Å². The standard InChI is InChI=1S/C23H31FN4/c1-18-9-13-28(14-10-18)23-8-7-19(16-26-23)15-25-17-20-21(24)5-4-6-22(20)27-11-2-3-12-27/h4-8,16,18,25H,2-3,9-15,17H2,1H3. The number of rotatable bonds is 6. The van der Waals surface area contributed by atoms with Gasteiger partial charge in [-0.1, -0.05) is 19.1 Å². The van der Waals surface area contributed by atoms with Gasteiger partial charge in [0.2, 0.25) is 0 Å². The van der Waals surface area contributed by atoms with Crippen molar-refractivity contribution in [3.05, 3.63) is 53.5 Å². The number of pyridine rings is 1. The molecule has 2 saturated heterocycles. The minimum absolute atomic E-state index is 0.121. The van der Waals surface area contributed by atoms with Crippen LogP contribution in [-0.4, -0.2) is 31.2 Å². The predicted molar refractivity (Wildman–Crippen MR) is 113 cm³/mol. The fourth-order valence-electron chi connectivity index (χ4n) is 4.25. The van der Waals surface area contributed by atoms with Crippen LogP contribution < -0.4 is 15.1 Å². The molecule has 2 aliphatic rings. The Morgan fingerprint density at radius 2 is 1.79 bits per heavy atom. The summed E-state index contributed by atoms with van der Waals surface area (Å²) >= 11 is 0. The van der Waals surface area contributed by atoms with Crippen molar-refractivity contribution in [1.29, 1.82) is 0 Å². The Kier molecular flexibility index (Phi) is 6.10.